The van der Waals surface area contributed by atoms with Crippen LogP contribution in [0.15, 0.2) is 36.7 Å². The molecule has 0 amide bonds. The lowest BCUT2D eigenvalue weighted by Crippen LogP contribution is -2.25. The van der Waals surface area contributed by atoms with Crippen molar-refractivity contribution in [3.8, 4) is 0 Å². The summed E-state index contributed by atoms with van der Waals surface area (Å²) in [4.78, 5) is 14.8. The highest BCUT2D eigenvalue weighted by Crippen LogP contribution is 2.27. The quantitative estimate of drug-likeness (QED) is 0.684. The molecule has 1 aliphatic rings. The molecular formula is C12H14N2O. The van der Waals surface area contributed by atoms with Gasteiger partial charge in [0.1, 0.15) is 12.5 Å². The lowest BCUT2D eigenvalue weighted by atomic mass is 10.1. The summed E-state index contributed by atoms with van der Waals surface area (Å²) in [5, 5.41) is 0. The topological polar surface area (TPSA) is 23.6 Å². The number of nitrogens with zero attached hydrogens (tertiary/aromatic N) is 2. The first-order valence-electron chi connectivity index (χ1n) is 4.89. The molecule has 0 unspecified atom stereocenters. The summed E-state index contributed by atoms with van der Waals surface area (Å²) in [5.74, 6) is 0. The molecule has 0 radical (unpaired) electrons. The van der Waals surface area contributed by atoms with Crippen LogP contribution >= 0.6 is 0 Å². The lowest BCUT2D eigenvalue weighted by Gasteiger charge is -2.27. The SMILES string of the molecule is CN1C=CN(C)C1c1ccc(C=O)cc1. The van der Waals surface area contributed by atoms with Crippen LogP contribution in [0.1, 0.15) is 22.1 Å². The molecular weight excluding hydrogens is 188 g/mol. The van der Waals surface area contributed by atoms with Gasteiger partial charge in [-0.2, -0.15) is 0 Å². The second kappa shape index (κ2) is 3.77. The maximum atomic E-state index is 10.5. The van der Waals surface area contributed by atoms with Gasteiger partial charge in [-0.05, 0) is 5.56 Å². The van der Waals surface area contributed by atoms with Gasteiger partial charge in [-0.25, -0.2) is 0 Å². The molecule has 0 N–H and O–H groups in total. The van der Waals surface area contributed by atoms with E-state index in [1.165, 1.54) is 5.56 Å². The van der Waals surface area contributed by atoms with Gasteiger partial charge in [-0.15, -0.1) is 0 Å². The van der Waals surface area contributed by atoms with E-state index in [9.17, 15) is 4.79 Å². The van der Waals surface area contributed by atoms with E-state index < -0.39 is 0 Å². The van der Waals surface area contributed by atoms with Crippen LogP contribution in [0.25, 0.3) is 0 Å². The van der Waals surface area contributed by atoms with Crippen LogP contribution in [-0.4, -0.2) is 30.2 Å². The normalized spacial score (nSPS) is 16.1. The van der Waals surface area contributed by atoms with Crippen LogP contribution in [0, 0.1) is 0 Å². The summed E-state index contributed by atoms with van der Waals surface area (Å²) in [7, 11) is 4.08. The van der Waals surface area contributed by atoms with Crippen molar-refractivity contribution in [3.63, 3.8) is 0 Å². The molecule has 0 saturated heterocycles. The van der Waals surface area contributed by atoms with Gasteiger partial charge in [0.05, 0.1) is 0 Å². The number of benzene rings is 1. The Morgan fingerprint density at radius 3 is 2.07 bits per heavy atom. The second-order valence-electron chi connectivity index (χ2n) is 3.79. The van der Waals surface area contributed by atoms with Gasteiger partial charge in [0.2, 0.25) is 0 Å². The molecule has 3 heteroatoms. The van der Waals surface area contributed by atoms with Crippen LogP contribution < -0.4 is 0 Å². The molecule has 0 fully saturated rings. The highest BCUT2D eigenvalue weighted by Gasteiger charge is 2.21. The zero-order valence-electron chi connectivity index (χ0n) is 8.92. The number of rotatable bonds is 2. The predicted octanol–water partition coefficient (Wildman–Crippen LogP) is 1.85. The Labute approximate surface area is 89.6 Å². The second-order valence-corrected chi connectivity index (χ2v) is 3.79. The lowest BCUT2D eigenvalue weighted by molar-refractivity contribution is 0.112. The highest BCUT2D eigenvalue weighted by molar-refractivity contribution is 5.74. The molecule has 3 nitrogen and oxygen atoms in total. The molecule has 2 rings (SSSR count). The van der Waals surface area contributed by atoms with Crippen molar-refractivity contribution in [1.82, 2.24) is 9.80 Å². The van der Waals surface area contributed by atoms with E-state index in [-0.39, 0.29) is 6.17 Å². The van der Waals surface area contributed by atoms with Gasteiger partial charge >= 0.3 is 0 Å². The monoisotopic (exact) mass is 202 g/mol. The van der Waals surface area contributed by atoms with Crippen molar-refractivity contribution in [2.75, 3.05) is 14.1 Å². The first kappa shape index (κ1) is 9.77. The van der Waals surface area contributed by atoms with Crippen LogP contribution in [0.3, 0.4) is 0 Å². The summed E-state index contributed by atoms with van der Waals surface area (Å²) in [5.41, 5.74) is 1.91. The number of hydrogen-bond acceptors (Lipinski definition) is 3. The predicted molar refractivity (Wildman–Crippen MR) is 59.2 cm³/mol. The van der Waals surface area contributed by atoms with Crippen LogP contribution in [0.5, 0.6) is 0 Å². The van der Waals surface area contributed by atoms with E-state index in [0.717, 1.165) is 11.8 Å². The average Bonchev–Trinajstić information content (AvgIpc) is 2.59. The van der Waals surface area contributed by atoms with Gasteiger partial charge in [0.25, 0.3) is 0 Å². The van der Waals surface area contributed by atoms with Gasteiger partial charge in [-0.1, -0.05) is 24.3 Å². The molecule has 0 saturated carbocycles. The van der Waals surface area contributed by atoms with Crippen LogP contribution in [0.2, 0.25) is 0 Å². The molecule has 1 aromatic carbocycles. The van der Waals surface area contributed by atoms with Gasteiger partial charge in [0, 0.05) is 32.1 Å². The fourth-order valence-electron chi connectivity index (χ4n) is 1.88. The van der Waals surface area contributed by atoms with E-state index in [0.29, 0.717) is 0 Å². The molecule has 0 aliphatic carbocycles. The minimum Gasteiger partial charge on any atom is -0.355 e. The Hall–Kier alpha value is -1.77. The molecule has 0 atom stereocenters. The van der Waals surface area contributed by atoms with Crippen molar-refractivity contribution in [2.45, 2.75) is 6.17 Å². The van der Waals surface area contributed by atoms with Gasteiger partial charge < -0.3 is 9.80 Å². The first-order valence-corrected chi connectivity index (χ1v) is 4.89. The standard InChI is InChI=1S/C12H14N2O/c1-13-7-8-14(2)12(13)11-5-3-10(9-15)4-6-11/h3-9,12H,1-2H3. The largest absolute Gasteiger partial charge is 0.355 e. The van der Waals surface area contributed by atoms with Gasteiger partial charge in [-0.3, -0.25) is 4.79 Å². The number of aldehydes is 1. The van der Waals surface area contributed by atoms with Crippen molar-refractivity contribution < 1.29 is 4.79 Å². The molecule has 0 bridgehead atoms. The summed E-state index contributed by atoms with van der Waals surface area (Å²) >= 11 is 0. The van der Waals surface area contributed by atoms with Crippen LogP contribution in [0.4, 0.5) is 0 Å². The Kier molecular flexibility index (Phi) is 2.46. The van der Waals surface area contributed by atoms with Gasteiger partial charge in [0.15, 0.2) is 0 Å². The summed E-state index contributed by atoms with van der Waals surface area (Å²) in [6, 6.07) is 7.69. The molecule has 78 valence electrons. The zero-order chi connectivity index (χ0) is 10.8. The van der Waals surface area contributed by atoms with Crippen molar-refractivity contribution in [2.24, 2.45) is 0 Å². The minimum atomic E-state index is 0.241. The van der Waals surface area contributed by atoms with E-state index in [1.807, 2.05) is 50.8 Å². The minimum absolute atomic E-state index is 0.241. The number of carbonyl (C=O) groups excluding carboxylic acids is 1. The molecule has 0 spiro atoms. The number of hydrogen-bond donors (Lipinski definition) is 0. The molecule has 1 aliphatic heterocycles. The van der Waals surface area contributed by atoms with Crippen LogP contribution in [-0.2, 0) is 0 Å². The maximum absolute atomic E-state index is 10.5. The van der Waals surface area contributed by atoms with E-state index in [4.69, 9.17) is 0 Å². The third kappa shape index (κ3) is 1.73. The van der Waals surface area contributed by atoms with E-state index in [2.05, 4.69) is 9.80 Å². The fraction of sp³-hybridized carbons (Fsp3) is 0.250. The summed E-state index contributed by atoms with van der Waals surface area (Å²) in [6.07, 6.45) is 5.19. The molecule has 1 aromatic rings. The van der Waals surface area contributed by atoms with E-state index >= 15 is 0 Å². The Morgan fingerprint density at radius 1 is 1.07 bits per heavy atom. The van der Waals surface area contributed by atoms with Crippen molar-refractivity contribution in [1.29, 1.82) is 0 Å². The zero-order valence-corrected chi connectivity index (χ0v) is 8.92. The van der Waals surface area contributed by atoms with E-state index in [1.54, 1.807) is 0 Å². The summed E-state index contributed by atoms with van der Waals surface area (Å²) in [6.45, 7) is 0. The third-order valence-electron chi connectivity index (χ3n) is 2.68. The molecule has 1 heterocycles. The first-order chi connectivity index (χ1) is 7.22. The molecule has 15 heavy (non-hydrogen) atoms. The Bertz CT molecular complexity index is 371. The maximum Gasteiger partial charge on any atom is 0.150 e. The smallest absolute Gasteiger partial charge is 0.150 e. The highest BCUT2D eigenvalue weighted by atomic mass is 16.1. The third-order valence-corrected chi connectivity index (χ3v) is 2.68. The average molecular weight is 202 g/mol. The Morgan fingerprint density at radius 2 is 1.60 bits per heavy atom. The Balaban J connectivity index is 2.26. The van der Waals surface area contributed by atoms with Crippen molar-refractivity contribution in [3.05, 3.63) is 47.8 Å². The molecule has 0 aromatic heterocycles. The van der Waals surface area contributed by atoms with Crippen molar-refractivity contribution >= 4 is 6.29 Å². The fourth-order valence-corrected chi connectivity index (χ4v) is 1.88. The summed E-state index contributed by atoms with van der Waals surface area (Å²) < 4.78 is 0. The number of carbonyl (C=O) groups is 1.